The van der Waals surface area contributed by atoms with E-state index in [4.69, 9.17) is 4.74 Å². The number of aromatic nitrogens is 1. The van der Waals surface area contributed by atoms with Gasteiger partial charge in [-0.25, -0.2) is 0 Å². The highest BCUT2D eigenvalue weighted by Crippen LogP contribution is 2.24. The molecule has 0 amide bonds. The van der Waals surface area contributed by atoms with E-state index < -0.39 is 0 Å². The number of pyridine rings is 1. The van der Waals surface area contributed by atoms with Crippen LogP contribution in [-0.2, 0) is 6.54 Å². The van der Waals surface area contributed by atoms with E-state index in [0.29, 0.717) is 0 Å². The lowest BCUT2D eigenvalue weighted by atomic mass is 10.1. The summed E-state index contributed by atoms with van der Waals surface area (Å²) < 4.78 is 5.39. The Morgan fingerprint density at radius 1 is 1.26 bits per heavy atom. The SMILES string of the molecule is COc1ccccc1[C@@H](C)NCc1cncc(C)c1. The number of para-hydroxylation sites is 1. The zero-order chi connectivity index (χ0) is 13.7. The molecule has 0 bridgehead atoms. The summed E-state index contributed by atoms with van der Waals surface area (Å²) >= 11 is 0. The van der Waals surface area contributed by atoms with Crippen LogP contribution in [-0.4, -0.2) is 12.1 Å². The molecule has 0 unspecified atom stereocenters. The van der Waals surface area contributed by atoms with Gasteiger partial charge in [-0.15, -0.1) is 0 Å². The van der Waals surface area contributed by atoms with Crippen molar-refractivity contribution in [3.8, 4) is 5.75 Å². The van der Waals surface area contributed by atoms with Crippen molar-refractivity contribution in [2.75, 3.05) is 7.11 Å². The average molecular weight is 256 g/mol. The first-order valence-electron chi connectivity index (χ1n) is 6.47. The number of nitrogens with zero attached hydrogens (tertiary/aromatic N) is 1. The van der Waals surface area contributed by atoms with Crippen LogP contribution in [0.1, 0.15) is 29.7 Å². The molecule has 0 radical (unpaired) electrons. The van der Waals surface area contributed by atoms with Crippen LogP contribution in [0, 0.1) is 6.92 Å². The molecule has 0 aliphatic rings. The van der Waals surface area contributed by atoms with E-state index in [1.165, 1.54) is 16.7 Å². The van der Waals surface area contributed by atoms with E-state index in [2.05, 4.69) is 36.3 Å². The number of ether oxygens (including phenoxy) is 1. The molecule has 100 valence electrons. The summed E-state index contributed by atoms with van der Waals surface area (Å²) in [4.78, 5) is 4.20. The molecule has 19 heavy (non-hydrogen) atoms. The summed E-state index contributed by atoms with van der Waals surface area (Å²) in [5, 5.41) is 3.50. The maximum atomic E-state index is 5.39. The first-order chi connectivity index (χ1) is 9.20. The number of rotatable bonds is 5. The van der Waals surface area contributed by atoms with Gasteiger partial charge in [-0.1, -0.05) is 24.3 Å². The Balaban J connectivity index is 2.03. The van der Waals surface area contributed by atoms with Gasteiger partial charge in [-0.2, -0.15) is 0 Å². The van der Waals surface area contributed by atoms with Crippen molar-refractivity contribution in [1.82, 2.24) is 10.3 Å². The number of methoxy groups -OCH3 is 1. The predicted molar refractivity (Wildman–Crippen MR) is 77.2 cm³/mol. The maximum Gasteiger partial charge on any atom is 0.123 e. The molecule has 0 fully saturated rings. The van der Waals surface area contributed by atoms with Gasteiger partial charge in [0.25, 0.3) is 0 Å². The van der Waals surface area contributed by atoms with Crippen LogP contribution in [0.5, 0.6) is 5.75 Å². The van der Waals surface area contributed by atoms with Crippen LogP contribution in [0.4, 0.5) is 0 Å². The third-order valence-electron chi connectivity index (χ3n) is 3.15. The molecule has 2 aromatic rings. The summed E-state index contributed by atoms with van der Waals surface area (Å²) in [6.45, 7) is 5.00. The van der Waals surface area contributed by atoms with E-state index in [9.17, 15) is 0 Å². The zero-order valence-corrected chi connectivity index (χ0v) is 11.7. The molecular formula is C16H20N2O. The molecule has 0 spiro atoms. The number of nitrogens with one attached hydrogen (secondary N) is 1. The van der Waals surface area contributed by atoms with Gasteiger partial charge in [0.1, 0.15) is 5.75 Å². The highest BCUT2D eigenvalue weighted by atomic mass is 16.5. The highest BCUT2D eigenvalue weighted by molar-refractivity contribution is 5.35. The third kappa shape index (κ3) is 3.55. The van der Waals surface area contributed by atoms with E-state index in [-0.39, 0.29) is 6.04 Å². The van der Waals surface area contributed by atoms with Crippen LogP contribution in [0.3, 0.4) is 0 Å². The second kappa shape index (κ2) is 6.34. The Hall–Kier alpha value is -1.87. The van der Waals surface area contributed by atoms with E-state index in [1.807, 2.05) is 30.6 Å². The van der Waals surface area contributed by atoms with Gasteiger partial charge in [0, 0.05) is 30.5 Å². The molecule has 1 N–H and O–H groups in total. The second-order valence-corrected chi connectivity index (χ2v) is 4.72. The monoisotopic (exact) mass is 256 g/mol. The lowest BCUT2D eigenvalue weighted by molar-refractivity contribution is 0.401. The van der Waals surface area contributed by atoms with Gasteiger partial charge in [0.15, 0.2) is 0 Å². The predicted octanol–water partition coefficient (Wildman–Crippen LogP) is 3.25. The van der Waals surface area contributed by atoms with E-state index in [1.54, 1.807) is 7.11 Å². The van der Waals surface area contributed by atoms with Crippen molar-refractivity contribution in [3.63, 3.8) is 0 Å². The minimum atomic E-state index is 0.233. The van der Waals surface area contributed by atoms with Crippen molar-refractivity contribution in [1.29, 1.82) is 0 Å². The van der Waals surface area contributed by atoms with Crippen molar-refractivity contribution >= 4 is 0 Å². The third-order valence-corrected chi connectivity index (χ3v) is 3.15. The Kier molecular flexibility index (Phi) is 4.53. The summed E-state index contributed by atoms with van der Waals surface area (Å²) in [5.74, 6) is 0.921. The molecule has 3 nitrogen and oxygen atoms in total. The molecule has 0 aliphatic heterocycles. The van der Waals surface area contributed by atoms with Crippen molar-refractivity contribution in [2.45, 2.75) is 26.4 Å². The van der Waals surface area contributed by atoms with E-state index in [0.717, 1.165) is 12.3 Å². The fourth-order valence-electron chi connectivity index (χ4n) is 2.12. The van der Waals surface area contributed by atoms with Gasteiger partial charge in [0.2, 0.25) is 0 Å². The standard InChI is InChI=1S/C16H20N2O/c1-12-8-14(10-17-9-12)11-18-13(2)15-6-4-5-7-16(15)19-3/h4-10,13,18H,11H2,1-3H3/t13-/m1/s1. The molecule has 1 aromatic heterocycles. The van der Waals surface area contributed by atoms with Crippen LogP contribution < -0.4 is 10.1 Å². The second-order valence-electron chi connectivity index (χ2n) is 4.72. The lowest BCUT2D eigenvalue weighted by Crippen LogP contribution is -2.18. The van der Waals surface area contributed by atoms with Crippen LogP contribution in [0.25, 0.3) is 0 Å². The first kappa shape index (κ1) is 13.6. The van der Waals surface area contributed by atoms with Crippen LogP contribution >= 0.6 is 0 Å². The molecular weight excluding hydrogens is 236 g/mol. The van der Waals surface area contributed by atoms with Gasteiger partial charge in [-0.3, -0.25) is 4.98 Å². The van der Waals surface area contributed by atoms with Crippen LogP contribution in [0.15, 0.2) is 42.7 Å². The Bertz CT molecular complexity index is 540. The van der Waals surface area contributed by atoms with Gasteiger partial charge >= 0.3 is 0 Å². The summed E-state index contributed by atoms with van der Waals surface area (Å²) in [6, 6.07) is 10.5. The zero-order valence-electron chi connectivity index (χ0n) is 11.7. The summed E-state index contributed by atoms with van der Waals surface area (Å²) in [5.41, 5.74) is 3.55. The number of aryl methyl sites for hydroxylation is 1. The van der Waals surface area contributed by atoms with Gasteiger partial charge in [0.05, 0.1) is 7.11 Å². The quantitative estimate of drug-likeness (QED) is 0.891. The molecule has 3 heteroatoms. The molecule has 0 saturated heterocycles. The van der Waals surface area contributed by atoms with Gasteiger partial charge < -0.3 is 10.1 Å². The summed E-state index contributed by atoms with van der Waals surface area (Å²) in [6.07, 6.45) is 3.77. The Morgan fingerprint density at radius 3 is 2.79 bits per heavy atom. The normalized spacial score (nSPS) is 12.2. The Labute approximate surface area is 114 Å². The number of benzene rings is 1. The Morgan fingerprint density at radius 2 is 2.05 bits per heavy atom. The molecule has 2 rings (SSSR count). The fourth-order valence-corrected chi connectivity index (χ4v) is 2.12. The molecule has 1 aromatic carbocycles. The van der Waals surface area contributed by atoms with Crippen molar-refractivity contribution in [3.05, 3.63) is 59.4 Å². The van der Waals surface area contributed by atoms with Crippen molar-refractivity contribution < 1.29 is 4.74 Å². The van der Waals surface area contributed by atoms with Crippen molar-refractivity contribution in [2.24, 2.45) is 0 Å². The highest BCUT2D eigenvalue weighted by Gasteiger charge is 2.10. The first-order valence-corrected chi connectivity index (χ1v) is 6.47. The number of hydrogen-bond donors (Lipinski definition) is 1. The average Bonchev–Trinajstić information content (AvgIpc) is 2.45. The molecule has 0 aliphatic carbocycles. The van der Waals surface area contributed by atoms with Gasteiger partial charge in [-0.05, 0) is 31.0 Å². The smallest absolute Gasteiger partial charge is 0.123 e. The van der Waals surface area contributed by atoms with E-state index >= 15 is 0 Å². The largest absolute Gasteiger partial charge is 0.496 e. The van der Waals surface area contributed by atoms with Crippen LogP contribution in [0.2, 0.25) is 0 Å². The fraction of sp³-hybridized carbons (Fsp3) is 0.312. The molecule has 0 saturated carbocycles. The lowest BCUT2D eigenvalue weighted by Gasteiger charge is -2.17. The minimum Gasteiger partial charge on any atom is -0.496 e. The summed E-state index contributed by atoms with van der Waals surface area (Å²) in [7, 11) is 1.70. The number of hydrogen-bond acceptors (Lipinski definition) is 3. The molecule has 1 atom stereocenters. The molecule has 1 heterocycles. The topological polar surface area (TPSA) is 34.1 Å². The maximum absolute atomic E-state index is 5.39. The minimum absolute atomic E-state index is 0.233.